The number of hydrogen-bond acceptors (Lipinski definition) is 2. The van der Waals surface area contributed by atoms with Crippen LogP contribution in [-0.2, 0) is 0 Å². The van der Waals surface area contributed by atoms with Crippen molar-refractivity contribution < 1.29 is 9.53 Å². The average molecular weight is 155 g/mol. The van der Waals surface area contributed by atoms with Crippen molar-refractivity contribution in [3.8, 4) is 5.75 Å². The molecule has 0 aromatic heterocycles. The summed E-state index contributed by atoms with van der Waals surface area (Å²) in [5.74, 6) is 0.326. The van der Waals surface area contributed by atoms with Gasteiger partial charge in [0.05, 0.1) is 0 Å². The van der Waals surface area contributed by atoms with E-state index in [1.54, 1.807) is 18.2 Å². The molecule has 50 valence electrons. The fraction of sp³-hybridized carbons (Fsp3) is 0. The predicted molar refractivity (Wildman–Crippen MR) is 36.4 cm³/mol. The minimum absolute atomic E-state index is 0.294. The summed E-state index contributed by atoms with van der Waals surface area (Å²) >= 11 is 5.61. The van der Waals surface area contributed by atoms with Crippen molar-refractivity contribution >= 4 is 17.6 Å². The van der Waals surface area contributed by atoms with Crippen LogP contribution >= 0.6 is 11.6 Å². The van der Waals surface area contributed by atoms with Crippen LogP contribution in [-0.4, -0.2) is 5.97 Å². The van der Waals surface area contributed by atoms with Crippen molar-refractivity contribution in [1.29, 1.82) is 0 Å². The van der Waals surface area contributed by atoms with Gasteiger partial charge in [-0.25, -0.2) is 4.79 Å². The van der Waals surface area contributed by atoms with Crippen LogP contribution in [0.2, 0.25) is 5.02 Å². The molecule has 0 spiro atoms. The first-order valence-electron chi connectivity index (χ1n) is 2.79. The molecular weight excluding hydrogens is 152 g/mol. The molecule has 1 heterocycles. The smallest absolute Gasteiger partial charge is 0.347 e. The molecule has 0 fully saturated rings. The lowest BCUT2D eigenvalue weighted by Crippen LogP contribution is -2.20. The topological polar surface area (TPSA) is 26.3 Å². The summed E-state index contributed by atoms with van der Waals surface area (Å²) in [6.07, 6.45) is 0. The van der Waals surface area contributed by atoms with Crippen molar-refractivity contribution in [3.63, 3.8) is 0 Å². The van der Waals surface area contributed by atoms with Crippen molar-refractivity contribution in [2.75, 3.05) is 0 Å². The Labute approximate surface area is 62.4 Å². The first-order valence-corrected chi connectivity index (χ1v) is 3.17. The highest BCUT2D eigenvalue weighted by Gasteiger charge is 2.25. The monoisotopic (exact) mass is 154 g/mol. The SMILES string of the molecule is O=C1Oc2ccc(Cl)cc21. The number of halogens is 1. The summed E-state index contributed by atoms with van der Waals surface area (Å²) in [7, 11) is 0. The van der Waals surface area contributed by atoms with E-state index in [0.717, 1.165) is 0 Å². The predicted octanol–water partition coefficient (Wildman–Crippen LogP) is 1.87. The molecule has 1 aromatic carbocycles. The minimum atomic E-state index is -0.294. The highest BCUT2D eigenvalue weighted by atomic mass is 35.5. The highest BCUT2D eigenvalue weighted by molar-refractivity contribution is 6.31. The summed E-state index contributed by atoms with van der Waals surface area (Å²) in [5, 5.41) is 0.565. The van der Waals surface area contributed by atoms with Gasteiger partial charge in [0.25, 0.3) is 0 Å². The first kappa shape index (κ1) is 5.74. The second-order valence-electron chi connectivity index (χ2n) is 2.03. The van der Waals surface area contributed by atoms with E-state index in [9.17, 15) is 4.79 Å². The van der Waals surface area contributed by atoms with Gasteiger partial charge in [-0.2, -0.15) is 0 Å². The lowest BCUT2D eigenvalue weighted by molar-refractivity contribution is 0.0659. The molecule has 0 saturated heterocycles. The lowest BCUT2D eigenvalue weighted by Gasteiger charge is -2.16. The van der Waals surface area contributed by atoms with E-state index in [0.29, 0.717) is 16.3 Å². The zero-order chi connectivity index (χ0) is 7.14. The van der Waals surface area contributed by atoms with Crippen molar-refractivity contribution in [1.82, 2.24) is 0 Å². The van der Waals surface area contributed by atoms with Crippen LogP contribution in [0.4, 0.5) is 0 Å². The quantitative estimate of drug-likeness (QED) is 0.534. The van der Waals surface area contributed by atoms with Gasteiger partial charge in [-0.05, 0) is 18.2 Å². The van der Waals surface area contributed by atoms with Gasteiger partial charge in [-0.3, -0.25) is 0 Å². The largest absolute Gasteiger partial charge is 0.422 e. The number of benzene rings is 1. The molecule has 0 bridgehead atoms. The number of fused-ring (bicyclic) bond motifs is 1. The Morgan fingerprint density at radius 1 is 1.40 bits per heavy atom. The number of carbonyl (C=O) groups is 1. The van der Waals surface area contributed by atoms with Crippen LogP contribution in [0.25, 0.3) is 0 Å². The third-order valence-corrected chi connectivity index (χ3v) is 1.60. The molecule has 2 nitrogen and oxygen atoms in total. The maximum atomic E-state index is 10.6. The molecule has 0 amide bonds. The van der Waals surface area contributed by atoms with E-state index in [1.165, 1.54) is 0 Å². The van der Waals surface area contributed by atoms with Gasteiger partial charge in [0.15, 0.2) is 0 Å². The lowest BCUT2D eigenvalue weighted by atomic mass is 10.1. The third-order valence-electron chi connectivity index (χ3n) is 1.36. The van der Waals surface area contributed by atoms with Gasteiger partial charge in [-0.1, -0.05) is 11.6 Å². The van der Waals surface area contributed by atoms with Crippen molar-refractivity contribution in [3.05, 3.63) is 28.8 Å². The van der Waals surface area contributed by atoms with E-state index in [-0.39, 0.29) is 5.97 Å². The number of ether oxygens (including phenoxy) is 1. The molecular formula is C7H3ClO2. The molecule has 0 N–H and O–H groups in total. The molecule has 10 heavy (non-hydrogen) atoms. The fourth-order valence-electron chi connectivity index (χ4n) is 0.859. The molecule has 0 aliphatic carbocycles. The Kier molecular flexibility index (Phi) is 0.995. The summed E-state index contributed by atoms with van der Waals surface area (Å²) in [6, 6.07) is 4.97. The number of hydrogen-bond donors (Lipinski definition) is 0. The Balaban J connectivity index is 2.61. The summed E-state index contributed by atoms with van der Waals surface area (Å²) in [5.41, 5.74) is 0.576. The maximum Gasteiger partial charge on any atom is 0.347 e. The highest BCUT2D eigenvalue weighted by Crippen LogP contribution is 2.30. The number of esters is 1. The zero-order valence-electron chi connectivity index (χ0n) is 4.93. The molecule has 1 aliphatic heterocycles. The van der Waals surface area contributed by atoms with E-state index < -0.39 is 0 Å². The number of rotatable bonds is 0. The molecule has 1 aliphatic rings. The normalized spacial score (nSPS) is 13.5. The average Bonchev–Trinajstić information content (AvgIpc) is 1.92. The molecule has 2 rings (SSSR count). The minimum Gasteiger partial charge on any atom is -0.422 e. The van der Waals surface area contributed by atoms with Gasteiger partial charge < -0.3 is 4.74 Å². The van der Waals surface area contributed by atoms with Crippen LogP contribution in [0.3, 0.4) is 0 Å². The third kappa shape index (κ3) is 0.625. The summed E-state index contributed by atoms with van der Waals surface area (Å²) < 4.78 is 4.64. The second-order valence-corrected chi connectivity index (χ2v) is 2.47. The fourth-order valence-corrected chi connectivity index (χ4v) is 1.03. The molecule has 3 heteroatoms. The zero-order valence-corrected chi connectivity index (χ0v) is 5.68. The Hall–Kier alpha value is -1.02. The van der Waals surface area contributed by atoms with Gasteiger partial charge in [0.2, 0.25) is 0 Å². The van der Waals surface area contributed by atoms with Crippen LogP contribution in [0.5, 0.6) is 5.75 Å². The van der Waals surface area contributed by atoms with Crippen molar-refractivity contribution in [2.24, 2.45) is 0 Å². The van der Waals surface area contributed by atoms with E-state index in [1.807, 2.05) is 0 Å². The maximum absolute atomic E-state index is 10.6. The summed E-state index contributed by atoms with van der Waals surface area (Å²) in [4.78, 5) is 10.6. The molecule has 0 atom stereocenters. The van der Waals surface area contributed by atoms with Crippen molar-refractivity contribution in [2.45, 2.75) is 0 Å². The van der Waals surface area contributed by atoms with Crippen LogP contribution in [0.1, 0.15) is 10.4 Å². The standard InChI is InChI=1S/C7H3ClO2/c8-4-1-2-6-5(3-4)7(9)10-6/h1-3H. The van der Waals surface area contributed by atoms with Crippen LogP contribution < -0.4 is 4.74 Å². The molecule has 0 radical (unpaired) electrons. The molecule has 1 aromatic rings. The van der Waals surface area contributed by atoms with Gasteiger partial charge in [0, 0.05) is 5.02 Å². The van der Waals surface area contributed by atoms with Gasteiger partial charge in [-0.15, -0.1) is 0 Å². The molecule has 0 unspecified atom stereocenters. The van der Waals surface area contributed by atoms with Gasteiger partial charge >= 0.3 is 5.97 Å². The first-order chi connectivity index (χ1) is 4.77. The van der Waals surface area contributed by atoms with E-state index in [4.69, 9.17) is 11.6 Å². The Bertz CT molecular complexity index is 306. The Morgan fingerprint density at radius 2 is 2.20 bits per heavy atom. The second kappa shape index (κ2) is 1.73. The van der Waals surface area contributed by atoms with Crippen LogP contribution in [0, 0.1) is 0 Å². The van der Waals surface area contributed by atoms with E-state index >= 15 is 0 Å². The Morgan fingerprint density at radius 3 is 2.80 bits per heavy atom. The van der Waals surface area contributed by atoms with Crippen LogP contribution in [0.15, 0.2) is 18.2 Å². The number of carbonyl (C=O) groups excluding carboxylic acids is 1. The summed E-state index contributed by atoms with van der Waals surface area (Å²) in [6.45, 7) is 0. The molecule has 0 saturated carbocycles. The van der Waals surface area contributed by atoms with Gasteiger partial charge in [0.1, 0.15) is 11.3 Å². The van der Waals surface area contributed by atoms with E-state index in [2.05, 4.69) is 4.74 Å².